The quantitative estimate of drug-likeness (QED) is 0.693. The molecule has 3 aromatic rings. The van der Waals surface area contributed by atoms with Gasteiger partial charge in [-0.15, -0.1) is 0 Å². The van der Waals surface area contributed by atoms with Crippen LogP contribution in [0.3, 0.4) is 0 Å². The van der Waals surface area contributed by atoms with Crippen molar-refractivity contribution in [3.05, 3.63) is 65.9 Å². The molecule has 1 aromatic heterocycles. The summed E-state index contributed by atoms with van der Waals surface area (Å²) in [6, 6.07) is 15.6. The molecule has 0 radical (unpaired) electrons. The fourth-order valence-corrected chi connectivity index (χ4v) is 2.19. The van der Waals surface area contributed by atoms with E-state index in [1.807, 2.05) is 54.7 Å². The summed E-state index contributed by atoms with van der Waals surface area (Å²) in [5.41, 5.74) is 16.1. The summed E-state index contributed by atoms with van der Waals surface area (Å²) < 4.78 is 0. The van der Waals surface area contributed by atoms with E-state index in [0.29, 0.717) is 11.4 Å². The number of anilines is 2. The first-order chi connectivity index (χ1) is 9.74. The second-order valence-electron chi connectivity index (χ2n) is 4.64. The van der Waals surface area contributed by atoms with Crippen LogP contribution in [0, 0.1) is 0 Å². The molecule has 20 heavy (non-hydrogen) atoms. The third-order valence-electron chi connectivity index (χ3n) is 3.24. The first kappa shape index (κ1) is 12.2. The van der Waals surface area contributed by atoms with Crippen molar-refractivity contribution in [1.82, 2.24) is 4.98 Å². The molecule has 0 saturated carbocycles. The minimum atomic E-state index is 0.675. The van der Waals surface area contributed by atoms with Gasteiger partial charge in [-0.3, -0.25) is 4.98 Å². The fraction of sp³-hybridized carbons (Fsp3) is 0. The molecule has 98 valence electrons. The Balaban J connectivity index is 2.02. The molecule has 0 aliphatic rings. The smallest absolute Gasteiger partial charge is 0.0707 e. The Morgan fingerprint density at radius 1 is 0.850 bits per heavy atom. The van der Waals surface area contributed by atoms with E-state index >= 15 is 0 Å². The van der Waals surface area contributed by atoms with Crippen molar-refractivity contribution in [2.75, 3.05) is 11.5 Å². The Bertz CT molecular complexity index is 786. The summed E-state index contributed by atoms with van der Waals surface area (Å²) in [4.78, 5) is 4.35. The van der Waals surface area contributed by atoms with E-state index in [-0.39, 0.29) is 0 Å². The van der Waals surface area contributed by atoms with Gasteiger partial charge in [-0.1, -0.05) is 36.4 Å². The predicted octanol–water partition coefficient (Wildman–Crippen LogP) is 3.57. The standard InChI is InChI=1S/C17H15N3/c18-14-8-7-13(16(19)11-14)6-5-12-9-10-20-17-4-2-1-3-15(12)17/h1-11H,18-19H2/b6-5+. The van der Waals surface area contributed by atoms with Gasteiger partial charge in [0.1, 0.15) is 0 Å². The maximum absolute atomic E-state index is 5.95. The summed E-state index contributed by atoms with van der Waals surface area (Å²) in [5, 5.41) is 1.13. The highest BCUT2D eigenvalue weighted by molar-refractivity contribution is 5.91. The van der Waals surface area contributed by atoms with Gasteiger partial charge in [0.05, 0.1) is 5.52 Å². The number of nitrogen functional groups attached to an aromatic ring is 2. The second kappa shape index (κ2) is 5.05. The van der Waals surface area contributed by atoms with E-state index in [4.69, 9.17) is 11.5 Å². The lowest BCUT2D eigenvalue weighted by Gasteiger charge is -2.03. The molecular weight excluding hydrogens is 246 g/mol. The molecule has 4 N–H and O–H groups in total. The molecule has 0 unspecified atom stereocenters. The summed E-state index contributed by atoms with van der Waals surface area (Å²) in [6.07, 6.45) is 5.86. The number of nitrogens with zero attached hydrogens (tertiary/aromatic N) is 1. The number of nitrogens with two attached hydrogens (primary N) is 2. The molecule has 0 aliphatic carbocycles. The second-order valence-corrected chi connectivity index (χ2v) is 4.64. The Morgan fingerprint density at radius 3 is 2.50 bits per heavy atom. The zero-order valence-electron chi connectivity index (χ0n) is 11.0. The highest BCUT2D eigenvalue weighted by atomic mass is 14.6. The average molecular weight is 261 g/mol. The van der Waals surface area contributed by atoms with Crippen LogP contribution in [-0.2, 0) is 0 Å². The number of aromatic nitrogens is 1. The largest absolute Gasteiger partial charge is 0.399 e. The van der Waals surface area contributed by atoms with Gasteiger partial charge in [0.2, 0.25) is 0 Å². The molecule has 3 nitrogen and oxygen atoms in total. The molecule has 0 amide bonds. The molecule has 3 heteroatoms. The summed E-state index contributed by atoms with van der Waals surface area (Å²) in [6.45, 7) is 0. The highest BCUT2D eigenvalue weighted by Gasteiger charge is 1.99. The molecule has 1 heterocycles. The molecule has 0 spiro atoms. The number of hydrogen-bond acceptors (Lipinski definition) is 3. The lowest BCUT2D eigenvalue weighted by atomic mass is 10.1. The van der Waals surface area contributed by atoms with E-state index < -0.39 is 0 Å². The van der Waals surface area contributed by atoms with Crippen molar-refractivity contribution in [2.45, 2.75) is 0 Å². The third-order valence-corrected chi connectivity index (χ3v) is 3.24. The molecule has 0 aliphatic heterocycles. The molecular formula is C17H15N3. The van der Waals surface area contributed by atoms with Gasteiger partial charge in [0.15, 0.2) is 0 Å². The van der Waals surface area contributed by atoms with Crippen molar-refractivity contribution in [3.8, 4) is 0 Å². The van der Waals surface area contributed by atoms with Gasteiger partial charge < -0.3 is 11.5 Å². The Kier molecular flexibility index (Phi) is 3.09. The first-order valence-corrected chi connectivity index (χ1v) is 6.41. The molecule has 0 atom stereocenters. The lowest BCUT2D eigenvalue weighted by molar-refractivity contribution is 1.41. The summed E-state index contributed by atoms with van der Waals surface area (Å²) in [5.74, 6) is 0. The van der Waals surface area contributed by atoms with Gasteiger partial charge in [0.25, 0.3) is 0 Å². The number of benzene rings is 2. The van der Waals surface area contributed by atoms with Gasteiger partial charge in [-0.2, -0.15) is 0 Å². The highest BCUT2D eigenvalue weighted by Crippen LogP contribution is 2.21. The SMILES string of the molecule is Nc1ccc(/C=C/c2ccnc3ccccc23)c(N)c1. The zero-order chi connectivity index (χ0) is 13.9. The molecule has 0 bridgehead atoms. The minimum absolute atomic E-state index is 0.675. The predicted molar refractivity (Wildman–Crippen MR) is 85.9 cm³/mol. The van der Waals surface area contributed by atoms with Crippen LogP contribution in [0.5, 0.6) is 0 Å². The fourth-order valence-electron chi connectivity index (χ4n) is 2.19. The van der Waals surface area contributed by atoms with Crippen molar-refractivity contribution in [2.24, 2.45) is 0 Å². The van der Waals surface area contributed by atoms with E-state index in [9.17, 15) is 0 Å². The summed E-state index contributed by atoms with van der Waals surface area (Å²) in [7, 11) is 0. The zero-order valence-corrected chi connectivity index (χ0v) is 11.0. The molecule has 0 fully saturated rings. The number of pyridine rings is 1. The normalized spacial score (nSPS) is 11.2. The number of hydrogen-bond donors (Lipinski definition) is 2. The molecule has 0 saturated heterocycles. The number of fused-ring (bicyclic) bond motifs is 1. The average Bonchev–Trinajstić information content (AvgIpc) is 2.46. The Hall–Kier alpha value is -2.81. The van der Waals surface area contributed by atoms with E-state index in [1.54, 1.807) is 6.07 Å². The third kappa shape index (κ3) is 2.34. The van der Waals surface area contributed by atoms with Gasteiger partial charge in [-0.05, 0) is 35.4 Å². The first-order valence-electron chi connectivity index (χ1n) is 6.41. The van der Waals surface area contributed by atoms with E-state index in [1.165, 1.54) is 0 Å². The Labute approximate surface area is 117 Å². The maximum atomic E-state index is 5.95. The Morgan fingerprint density at radius 2 is 1.65 bits per heavy atom. The van der Waals surface area contributed by atoms with Crippen molar-refractivity contribution < 1.29 is 0 Å². The van der Waals surface area contributed by atoms with Crippen molar-refractivity contribution >= 4 is 34.4 Å². The maximum Gasteiger partial charge on any atom is 0.0707 e. The van der Waals surface area contributed by atoms with Crippen molar-refractivity contribution in [3.63, 3.8) is 0 Å². The van der Waals surface area contributed by atoms with Crippen LogP contribution in [-0.4, -0.2) is 4.98 Å². The van der Waals surface area contributed by atoms with E-state index in [0.717, 1.165) is 22.0 Å². The summed E-state index contributed by atoms with van der Waals surface area (Å²) >= 11 is 0. The monoisotopic (exact) mass is 261 g/mol. The van der Waals surface area contributed by atoms with Gasteiger partial charge >= 0.3 is 0 Å². The van der Waals surface area contributed by atoms with Gasteiger partial charge in [-0.25, -0.2) is 0 Å². The molecule has 2 aromatic carbocycles. The van der Waals surface area contributed by atoms with Crippen molar-refractivity contribution in [1.29, 1.82) is 0 Å². The van der Waals surface area contributed by atoms with Gasteiger partial charge in [0, 0.05) is 23.0 Å². The van der Waals surface area contributed by atoms with Crippen LogP contribution in [0.4, 0.5) is 11.4 Å². The van der Waals surface area contributed by atoms with Crippen LogP contribution < -0.4 is 11.5 Å². The minimum Gasteiger partial charge on any atom is -0.399 e. The number of rotatable bonds is 2. The lowest BCUT2D eigenvalue weighted by Crippen LogP contribution is -1.92. The van der Waals surface area contributed by atoms with E-state index in [2.05, 4.69) is 11.1 Å². The topological polar surface area (TPSA) is 64.9 Å². The molecule has 3 rings (SSSR count). The van der Waals surface area contributed by atoms with Crippen LogP contribution >= 0.6 is 0 Å². The van der Waals surface area contributed by atoms with Crippen LogP contribution in [0.2, 0.25) is 0 Å². The van der Waals surface area contributed by atoms with Crippen LogP contribution in [0.15, 0.2) is 54.7 Å². The van der Waals surface area contributed by atoms with Crippen LogP contribution in [0.25, 0.3) is 23.1 Å². The van der Waals surface area contributed by atoms with Crippen LogP contribution in [0.1, 0.15) is 11.1 Å². The number of para-hydroxylation sites is 1.